The average molecular weight is 397 g/mol. The van der Waals surface area contributed by atoms with Gasteiger partial charge in [-0.05, 0) is 48.9 Å². The minimum Gasteiger partial charge on any atom is -0.493 e. The highest BCUT2D eigenvalue weighted by Gasteiger charge is 2.18. The third kappa shape index (κ3) is 5.27. The van der Waals surface area contributed by atoms with Gasteiger partial charge in [-0.1, -0.05) is 23.7 Å². The predicted molar refractivity (Wildman–Crippen MR) is 105 cm³/mol. The lowest BCUT2D eigenvalue weighted by atomic mass is 10.1. The van der Waals surface area contributed by atoms with Gasteiger partial charge < -0.3 is 20.1 Å². The van der Waals surface area contributed by atoms with E-state index in [1.807, 2.05) is 24.3 Å². The van der Waals surface area contributed by atoms with Crippen molar-refractivity contribution in [2.75, 3.05) is 20.2 Å². The van der Waals surface area contributed by atoms with Gasteiger partial charge in [-0.2, -0.15) is 0 Å². The summed E-state index contributed by atoms with van der Waals surface area (Å²) in [6.45, 7) is 2.14. The van der Waals surface area contributed by atoms with Crippen LogP contribution in [0.3, 0.4) is 0 Å². The Kier molecular flexibility index (Phi) is 7.57. The molecule has 1 atom stereocenters. The third-order valence-electron chi connectivity index (χ3n) is 4.13. The summed E-state index contributed by atoms with van der Waals surface area (Å²) >= 11 is 5.88. The molecule has 1 aliphatic rings. The van der Waals surface area contributed by atoms with E-state index in [0.29, 0.717) is 28.7 Å². The van der Waals surface area contributed by atoms with Crippen molar-refractivity contribution in [3.63, 3.8) is 0 Å². The first-order valence-electron chi connectivity index (χ1n) is 8.22. The number of rotatable bonds is 6. The van der Waals surface area contributed by atoms with Crippen molar-refractivity contribution in [1.82, 2.24) is 10.6 Å². The van der Waals surface area contributed by atoms with Crippen LogP contribution in [0.25, 0.3) is 0 Å². The fourth-order valence-electron chi connectivity index (χ4n) is 2.72. The van der Waals surface area contributed by atoms with E-state index in [4.69, 9.17) is 21.1 Å². The summed E-state index contributed by atoms with van der Waals surface area (Å²) in [7, 11) is 1.56. The van der Waals surface area contributed by atoms with Gasteiger partial charge in [0.1, 0.15) is 6.61 Å². The summed E-state index contributed by atoms with van der Waals surface area (Å²) in [5.41, 5.74) is 1.56. The number of nitrogens with one attached hydrogen (secondary N) is 2. The summed E-state index contributed by atoms with van der Waals surface area (Å²) in [4.78, 5) is 12.3. The summed E-state index contributed by atoms with van der Waals surface area (Å²) < 4.78 is 11.2. The van der Waals surface area contributed by atoms with Crippen LogP contribution >= 0.6 is 24.0 Å². The zero-order valence-corrected chi connectivity index (χ0v) is 16.0. The van der Waals surface area contributed by atoms with Gasteiger partial charge in [-0.25, -0.2) is 0 Å². The maximum Gasteiger partial charge on any atom is 0.251 e. The first-order chi connectivity index (χ1) is 12.2. The minimum absolute atomic E-state index is 0. The molecule has 5 nitrogen and oxygen atoms in total. The molecule has 7 heteroatoms. The highest BCUT2D eigenvalue weighted by atomic mass is 35.5. The van der Waals surface area contributed by atoms with E-state index in [0.717, 1.165) is 25.1 Å². The standard InChI is InChI=1S/C19H21ClN2O3.ClH/c1-24-18-10-14(19(23)22-16-8-9-21-11-16)4-7-17(18)25-12-13-2-5-15(20)6-3-13;/h2-7,10,16,21H,8-9,11-12H2,1H3,(H,22,23);1H. The van der Waals surface area contributed by atoms with Crippen LogP contribution in [-0.4, -0.2) is 32.1 Å². The number of carbonyl (C=O) groups is 1. The number of methoxy groups -OCH3 is 1. The molecule has 1 heterocycles. The fourth-order valence-corrected chi connectivity index (χ4v) is 2.84. The van der Waals surface area contributed by atoms with Gasteiger partial charge in [0.2, 0.25) is 0 Å². The van der Waals surface area contributed by atoms with Crippen molar-refractivity contribution in [2.45, 2.75) is 19.1 Å². The Bertz CT molecular complexity index is 732. The largest absolute Gasteiger partial charge is 0.493 e. The Morgan fingerprint density at radius 2 is 2.00 bits per heavy atom. The van der Waals surface area contributed by atoms with Crippen LogP contribution in [0.5, 0.6) is 11.5 Å². The summed E-state index contributed by atoms with van der Waals surface area (Å²) in [6, 6.07) is 12.9. The van der Waals surface area contributed by atoms with E-state index in [2.05, 4.69) is 10.6 Å². The first-order valence-corrected chi connectivity index (χ1v) is 8.60. The number of hydrogen-bond acceptors (Lipinski definition) is 4. The van der Waals surface area contributed by atoms with E-state index < -0.39 is 0 Å². The van der Waals surface area contributed by atoms with Crippen LogP contribution in [0.2, 0.25) is 5.02 Å². The lowest BCUT2D eigenvalue weighted by Crippen LogP contribution is -2.36. The predicted octanol–water partition coefficient (Wildman–Crippen LogP) is 3.44. The smallest absolute Gasteiger partial charge is 0.251 e. The number of amides is 1. The number of benzene rings is 2. The molecule has 0 radical (unpaired) electrons. The van der Waals surface area contributed by atoms with Crippen molar-refractivity contribution in [1.29, 1.82) is 0 Å². The van der Waals surface area contributed by atoms with E-state index >= 15 is 0 Å². The van der Waals surface area contributed by atoms with E-state index in [9.17, 15) is 4.79 Å². The molecule has 1 fully saturated rings. The zero-order chi connectivity index (χ0) is 17.6. The molecule has 0 spiro atoms. The van der Waals surface area contributed by atoms with Gasteiger partial charge in [0, 0.05) is 23.2 Å². The molecule has 0 bridgehead atoms. The summed E-state index contributed by atoms with van der Waals surface area (Å²) in [5.74, 6) is 1.03. The molecule has 26 heavy (non-hydrogen) atoms. The molecule has 0 aromatic heterocycles. The number of hydrogen-bond donors (Lipinski definition) is 2. The lowest BCUT2D eigenvalue weighted by Gasteiger charge is -2.14. The molecular formula is C19H22Cl2N2O3. The lowest BCUT2D eigenvalue weighted by molar-refractivity contribution is 0.0939. The van der Waals surface area contributed by atoms with Gasteiger partial charge in [0.15, 0.2) is 11.5 Å². The van der Waals surface area contributed by atoms with Crippen molar-refractivity contribution < 1.29 is 14.3 Å². The Hall–Kier alpha value is -1.95. The maximum absolute atomic E-state index is 12.3. The quantitative estimate of drug-likeness (QED) is 0.784. The van der Waals surface area contributed by atoms with Crippen molar-refractivity contribution in [3.05, 3.63) is 58.6 Å². The second-order valence-electron chi connectivity index (χ2n) is 5.94. The van der Waals surface area contributed by atoms with Crippen molar-refractivity contribution >= 4 is 29.9 Å². The summed E-state index contributed by atoms with van der Waals surface area (Å²) in [6.07, 6.45) is 0.950. The molecule has 2 aromatic carbocycles. The van der Waals surface area contributed by atoms with E-state index in [1.165, 1.54) is 0 Å². The van der Waals surface area contributed by atoms with Gasteiger partial charge in [0.25, 0.3) is 5.91 Å². The highest BCUT2D eigenvalue weighted by molar-refractivity contribution is 6.30. The van der Waals surface area contributed by atoms with Crippen LogP contribution in [0.1, 0.15) is 22.3 Å². The molecule has 3 rings (SSSR count). The number of halogens is 2. The molecule has 1 amide bonds. The molecule has 2 aromatic rings. The highest BCUT2D eigenvalue weighted by Crippen LogP contribution is 2.29. The minimum atomic E-state index is -0.101. The van der Waals surface area contributed by atoms with Crippen molar-refractivity contribution in [2.24, 2.45) is 0 Å². The average Bonchev–Trinajstić information content (AvgIpc) is 3.14. The summed E-state index contributed by atoms with van der Waals surface area (Å²) in [5, 5.41) is 6.94. The fraction of sp³-hybridized carbons (Fsp3) is 0.316. The third-order valence-corrected chi connectivity index (χ3v) is 4.38. The molecule has 2 N–H and O–H groups in total. The molecule has 1 aliphatic heterocycles. The SMILES string of the molecule is COc1cc(C(=O)NC2CCNC2)ccc1OCc1ccc(Cl)cc1.Cl. The first kappa shape index (κ1) is 20.4. The molecule has 0 saturated carbocycles. The van der Waals surface area contributed by atoms with Crippen LogP contribution < -0.4 is 20.1 Å². The molecule has 1 unspecified atom stereocenters. The Morgan fingerprint density at radius 1 is 1.23 bits per heavy atom. The second kappa shape index (κ2) is 9.67. The van der Waals surface area contributed by atoms with Gasteiger partial charge >= 0.3 is 0 Å². The molecule has 0 aliphatic carbocycles. The monoisotopic (exact) mass is 396 g/mol. The van der Waals surface area contributed by atoms with Crippen LogP contribution in [0, 0.1) is 0 Å². The van der Waals surface area contributed by atoms with Crippen LogP contribution in [0.4, 0.5) is 0 Å². The number of ether oxygens (including phenoxy) is 2. The molecular weight excluding hydrogens is 375 g/mol. The Balaban J connectivity index is 0.00000243. The van der Waals surface area contributed by atoms with Crippen LogP contribution in [-0.2, 0) is 6.61 Å². The maximum atomic E-state index is 12.3. The van der Waals surface area contributed by atoms with E-state index in [-0.39, 0.29) is 24.4 Å². The van der Waals surface area contributed by atoms with Crippen molar-refractivity contribution in [3.8, 4) is 11.5 Å². The second-order valence-corrected chi connectivity index (χ2v) is 6.38. The zero-order valence-electron chi connectivity index (χ0n) is 14.5. The van der Waals surface area contributed by atoms with Crippen LogP contribution in [0.15, 0.2) is 42.5 Å². The molecule has 1 saturated heterocycles. The Labute approximate surface area is 164 Å². The molecule has 140 valence electrons. The number of carbonyl (C=O) groups excluding carboxylic acids is 1. The van der Waals surface area contributed by atoms with Gasteiger partial charge in [-0.15, -0.1) is 12.4 Å². The topological polar surface area (TPSA) is 59.6 Å². The van der Waals surface area contributed by atoms with E-state index in [1.54, 1.807) is 25.3 Å². The van der Waals surface area contributed by atoms with Gasteiger partial charge in [0.05, 0.1) is 7.11 Å². The normalized spacial score (nSPS) is 15.8. The van der Waals surface area contributed by atoms with Gasteiger partial charge in [-0.3, -0.25) is 4.79 Å². The Morgan fingerprint density at radius 3 is 2.65 bits per heavy atom.